The van der Waals surface area contributed by atoms with Crippen LogP contribution in [0.4, 0.5) is 47.3 Å². The van der Waals surface area contributed by atoms with Gasteiger partial charge in [0.05, 0.1) is 162 Å². The Hall–Kier alpha value is -11.6. The van der Waals surface area contributed by atoms with E-state index in [0.717, 1.165) is 0 Å². The number of hydrogen-bond acceptors (Lipinski definition) is 21. The molecule has 0 radical (unpaired) electrons. The van der Waals surface area contributed by atoms with E-state index in [4.69, 9.17) is 171 Å². The van der Waals surface area contributed by atoms with Gasteiger partial charge < -0.3 is 46.6 Å². The van der Waals surface area contributed by atoms with Crippen molar-refractivity contribution in [1.29, 1.82) is 15.8 Å². The van der Waals surface area contributed by atoms with Gasteiger partial charge >= 0.3 is 0 Å². The SMILES string of the molecule is C=CC(=O)N1CCN(c2c(C#N)c(=O)n(-c3c(C)ccnc3C(C)C)c3nc(-c4c(F)c(N)c(Cl)c(Cl)c4Cl)c(Cl)cc23)C[C@H]1C.C=CC(=O)N1CCN(c2c(C#N)c(=O)n(-c3c(C)ccnc3C(C)C)c3nc(-c4c(F)c(N)c(Cl)c(Cl)c4Cl)c(Cl)cc23)C[C@H]1C.C=CC(=O)N1CCN(c2c(C#N)c(=O)n(-c3c(C)ccnc3C(C)C)c3nc(-c4c(F)c(N)c(Cl)c(Cl)c4Cl)c(Cl)cc23)C[C@H]1C. The Morgan fingerprint density at radius 1 is 0.399 bits per heavy atom. The van der Waals surface area contributed by atoms with Crippen molar-refractivity contribution in [1.82, 2.24) is 58.3 Å². The number of rotatable bonds is 15. The number of nitrogens with two attached hydrogens (primary N) is 3. The van der Waals surface area contributed by atoms with Gasteiger partial charge in [-0.15, -0.1) is 0 Å². The normalized spacial score (nSPS) is 15.0. The lowest BCUT2D eigenvalue weighted by Gasteiger charge is -2.41. The minimum Gasteiger partial charge on any atom is -0.395 e. The molecule has 42 heteroatoms. The van der Waals surface area contributed by atoms with Crippen LogP contribution in [0.5, 0.6) is 0 Å². The Bertz CT molecular complexity index is 6780. The number of fused-ring (bicyclic) bond motifs is 3. The molecule has 3 aliphatic heterocycles. The topological polar surface area (TPSA) is 363 Å². The quantitative estimate of drug-likeness (QED) is 0.0371. The van der Waals surface area contributed by atoms with Gasteiger partial charge in [0.15, 0.2) is 17.5 Å². The fourth-order valence-corrected chi connectivity index (χ4v) is 20.3. The number of hydrogen-bond donors (Lipinski definition) is 3. The third kappa shape index (κ3) is 18.3. The monoisotopic (exact) mass is 2100 g/mol. The molecule has 714 valence electrons. The number of pyridine rings is 9. The first-order chi connectivity index (χ1) is 65.2. The number of nitrogens with zero attached hydrogens (tertiary/aromatic N) is 18. The van der Waals surface area contributed by atoms with Crippen LogP contribution >= 0.6 is 139 Å². The van der Waals surface area contributed by atoms with Gasteiger partial charge in [-0.2, -0.15) is 15.8 Å². The molecule has 3 aliphatic rings. The van der Waals surface area contributed by atoms with Crippen LogP contribution in [-0.2, 0) is 14.4 Å². The summed E-state index contributed by atoms with van der Waals surface area (Å²) in [5.74, 6) is -4.05. The number of aryl methyl sites for hydroxylation is 3. The number of anilines is 6. The van der Waals surface area contributed by atoms with Gasteiger partial charge in [0, 0.05) is 112 Å². The molecule has 0 saturated carbocycles. The summed E-state index contributed by atoms with van der Waals surface area (Å²) in [6, 6.07) is 15.2. The van der Waals surface area contributed by atoms with Crippen LogP contribution in [0.1, 0.15) is 131 Å². The minimum atomic E-state index is -0.992. The molecule has 9 aromatic heterocycles. The van der Waals surface area contributed by atoms with E-state index in [1.54, 1.807) is 51.5 Å². The average Bonchev–Trinajstić information content (AvgIpc) is 0.726. The van der Waals surface area contributed by atoms with Gasteiger partial charge in [-0.05, 0) is 131 Å². The van der Waals surface area contributed by atoms with Crippen molar-refractivity contribution in [2.45, 2.75) is 119 Å². The molecular weight excluding hydrogens is 2030 g/mol. The van der Waals surface area contributed by atoms with E-state index in [-0.39, 0.29) is 198 Å². The molecule has 12 heterocycles. The summed E-state index contributed by atoms with van der Waals surface area (Å²) < 4.78 is 51.2. The number of carbonyl (C=O) groups is 3. The van der Waals surface area contributed by atoms with Crippen molar-refractivity contribution in [3.05, 3.63) is 252 Å². The third-order valence-corrected chi connectivity index (χ3v) is 29.0. The molecule has 0 unspecified atom stereocenters. The number of carbonyl (C=O) groups excluding carboxylic acids is 3. The second-order valence-electron chi connectivity index (χ2n) is 33.8. The van der Waals surface area contributed by atoms with E-state index in [1.165, 1.54) is 50.1 Å². The van der Waals surface area contributed by atoms with Crippen LogP contribution in [0.25, 0.3) is 83.9 Å². The Kier molecular flexibility index (Phi) is 31.1. The summed E-state index contributed by atoms with van der Waals surface area (Å²) in [6.07, 6.45) is 8.65. The van der Waals surface area contributed by atoms with Gasteiger partial charge in [0.1, 0.15) is 51.8 Å². The van der Waals surface area contributed by atoms with Crippen molar-refractivity contribution in [2.75, 3.05) is 90.8 Å². The maximum absolute atomic E-state index is 15.7. The molecule has 3 amide bonds. The number of benzene rings is 3. The summed E-state index contributed by atoms with van der Waals surface area (Å²) in [5.41, 5.74) is 18.7. The highest BCUT2D eigenvalue weighted by atomic mass is 35.5. The molecule has 12 aromatic rings. The van der Waals surface area contributed by atoms with E-state index < -0.39 is 51.2 Å². The van der Waals surface area contributed by atoms with Crippen LogP contribution in [0, 0.1) is 72.2 Å². The molecule has 6 N–H and O–H groups in total. The average molecular weight is 2110 g/mol. The van der Waals surface area contributed by atoms with Gasteiger partial charge in [-0.3, -0.25) is 57.4 Å². The first-order valence-corrected chi connectivity index (χ1v) is 47.1. The standard InChI is InChI=1S/3C32H28Cl4FN7O2/c3*1-6-20(45)43-10-9-42(13-16(43)5)30-17-11-19(33)28(21-22(34)23(35)24(36)26(39)25(21)37)41-31(17)44(32(46)18(30)12-38)29-15(4)7-8-40-27(29)14(2)3/h3*6-8,11,14,16H,1,9-10,13,39H2,2-5H3/t3*16-/m111/s1. The van der Waals surface area contributed by atoms with E-state index in [9.17, 15) is 44.6 Å². The highest BCUT2D eigenvalue weighted by molar-refractivity contribution is 6.52. The summed E-state index contributed by atoms with van der Waals surface area (Å²) in [5, 5.41) is 30.1. The smallest absolute Gasteiger partial charge is 0.276 e. The third-order valence-electron chi connectivity index (χ3n) is 24.1. The lowest BCUT2D eigenvalue weighted by Crippen LogP contribution is -2.54. The first-order valence-electron chi connectivity index (χ1n) is 42.6. The predicted molar refractivity (Wildman–Crippen MR) is 546 cm³/mol. The van der Waals surface area contributed by atoms with Crippen LogP contribution in [0.2, 0.25) is 60.3 Å². The molecule has 3 aromatic carbocycles. The predicted octanol–water partition coefficient (Wildman–Crippen LogP) is 21.9. The number of nitriles is 3. The fraction of sp³-hybridized carbons (Fsp3) is 0.281. The largest absolute Gasteiger partial charge is 0.395 e. The fourth-order valence-electron chi connectivity index (χ4n) is 17.5. The van der Waals surface area contributed by atoms with Gasteiger partial charge in [0.25, 0.3) is 16.7 Å². The van der Waals surface area contributed by atoms with Crippen molar-refractivity contribution < 1.29 is 27.6 Å². The highest BCUT2D eigenvalue weighted by Gasteiger charge is 2.40. The minimum absolute atomic E-state index is 0.0538. The number of piperazine rings is 3. The summed E-state index contributed by atoms with van der Waals surface area (Å²) in [4.78, 5) is 119. The lowest BCUT2D eigenvalue weighted by atomic mass is 10.0. The first kappa shape index (κ1) is 104. The molecule has 15 rings (SSSR count). The number of nitrogen functional groups attached to an aromatic ring is 3. The summed E-state index contributed by atoms with van der Waals surface area (Å²) in [6.45, 7) is 36.0. The van der Waals surface area contributed by atoms with Gasteiger partial charge in [-0.25, -0.2) is 28.1 Å². The zero-order valence-corrected chi connectivity index (χ0v) is 84.8. The van der Waals surface area contributed by atoms with Crippen molar-refractivity contribution in [3.63, 3.8) is 0 Å². The van der Waals surface area contributed by atoms with Crippen LogP contribution in [0.15, 0.2) is 107 Å². The zero-order valence-electron chi connectivity index (χ0n) is 75.8. The Morgan fingerprint density at radius 2 is 0.630 bits per heavy atom. The van der Waals surface area contributed by atoms with E-state index in [2.05, 4.69) is 52.9 Å². The van der Waals surface area contributed by atoms with E-state index >= 15 is 13.2 Å². The lowest BCUT2D eigenvalue weighted by molar-refractivity contribution is -0.129. The van der Waals surface area contributed by atoms with Crippen molar-refractivity contribution >= 4 is 224 Å². The van der Waals surface area contributed by atoms with Crippen LogP contribution in [-0.4, -0.2) is 153 Å². The second-order valence-corrected chi connectivity index (χ2v) is 38.4. The Balaban J connectivity index is 0.000000175. The molecular formula is C96H84Cl12F3N21O6. The Labute approximate surface area is 850 Å². The highest BCUT2D eigenvalue weighted by Crippen LogP contribution is 2.52. The second kappa shape index (κ2) is 41.4. The maximum atomic E-state index is 15.7. The molecule has 0 spiro atoms. The van der Waals surface area contributed by atoms with Crippen LogP contribution < -0.4 is 48.6 Å². The molecule has 0 bridgehead atoms. The van der Waals surface area contributed by atoms with Gasteiger partial charge in [0.2, 0.25) is 17.7 Å². The van der Waals surface area contributed by atoms with Crippen LogP contribution in [0.3, 0.4) is 0 Å². The molecule has 138 heavy (non-hydrogen) atoms. The van der Waals surface area contributed by atoms with Gasteiger partial charge in [-0.1, -0.05) is 200 Å². The number of amides is 3. The maximum Gasteiger partial charge on any atom is 0.276 e. The van der Waals surface area contributed by atoms with E-state index in [1.807, 2.05) is 97.8 Å². The number of aromatic nitrogens is 9. The molecule has 3 fully saturated rings. The van der Waals surface area contributed by atoms with E-state index in [0.29, 0.717) is 126 Å². The molecule has 3 atom stereocenters. The molecule has 0 aliphatic carbocycles. The van der Waals surface area contributed by atoms with Crippen molar-refractivity contribution in [2.24, 2.45) is 0 Å². The molecule has 3 saturated heterocycles. The van der Waals surface area contributed by atoms with Crippen molar-refractivity contribution in [3.8, 4) is 69.0 Å². The summed E-state index contributed by atoms with van der Waals surface area (Å²) in [7, 11) is 0. The Morgan fingerprint density at radius 3 is 0.833 bits per heavy atom. The zero-order chi connectivity index (χ0) is 101. The number of halogens is 15. The summed E-state index contributed by atoms with van der Waals surface area (Å²) >= 11 is 77.3. The molecule has 27 nitrogen and oxygen atoms in total.